The first-order valence-electron chi connectivity index (χ1n) is 2.86. The Morgan fingerprint density at radius 3 is 1.86 bits per heavy atom. The number of hydrogen-bond acceptors (Lipinski definition) is 5. The Morgan fingerprint density at radius 2 is 1.57 bits per heavy atom. The van der Waals surface area contributed by atoms with Crippen LogP contribution >= 0.6 is 23.7 Å². The summed E-state index contributed by atoms with van der Waals surface area (Å²) in [6.45, 7) is 0. The summed E-state index contributed by atoms with van der Waals surface area (Å²) in [6.07, 6.45) is 0. The molecule has 1 aromatic rings. The van der Waals surface area contributed by atoms with Crippen LogP contribution in [0.4, 0.5) is 0 Å². The van der Waals surface area contributed by atoms with Gasteiger partial charge in [0.15, 0.2) is 4.21 Å². The van der Waals surface area contributed by atoms with Gasteiger partial charge in [-0.1, -0.05) is 0 Å². The van der Waals surface area contributed by atoms with Gasteiger partial charge in [0.25, 0.3) is 0 Å². The highest BCUT2D eigenvalue weighted by atomic mass is 35.5. The molecule has 1 heterocycles. The highest BCUT2D eigenvalue weighted by Gasteiger charge is 2.22. The van der Waals surface area contributed by atoms with Crippen molar-refractivity contribution in [1.82, 2.24) is 0 Å². The standard InChI is InChI=1S/C4H6N2O4S3.ClH/c5-12(7,8)3-1-2-11-4(3)13(6,9)10;/h1-2H,(H2,5,7,8)(H2,6,9,10);1H. The Bertz CT molecular complexity index is 470. The maximum Gasteiger partial charge on any atom is 0.248 e. The van der Waals surface area contributed by atoms with Crippen LogP contribution in [0.25, 0.3) is 0 Å². The molecular weight excluding hydrogens is 272 g/mol. The summed E-state index contributed by atoms with van der Waals surface area (Å²) in [5, 5.41) is 10.8. The average molecular weight is 279 g/mol. The summed E-state index contributed by atoms with van der Waals surface area (Å²) in [4.78, 5) is -0.458. The SMILES string of the molecule is Cl.NS(=O)(=O)c1ccsc1S(N)(=O)=O. The van der Waals surface area contributed by atoms with E-state index < -0.39 is 29.2 Å². The molecular formula is C4H7ClN2O4S3. The van der Waals surface area contributed by atoms with E-state index >= 15 is 0 Å². The van der Waals surface area contributed by atoms with Gasteiger partial charge in [0, 0.05) is 0 Å². The zero-order valence-corrected chi connectivity index (χ0v) is 9.84. The molecule has 14 heavy (non-hydrogen) atoms. The van der Waals surface area contributed by atoms with Gasteiger partial charge >= 0.3 is 0 Å². The highest BCUT2D eigenvalue weighted by Crippen LogP contribution is 2.24. The van der Waals surface area contributed by atoms with E-state index in [2.05, 4.69) is 0 Å². The van der Waals surface area contributed by atoms with Crippen LogP contribution in [0.1, 0.15) is 0 Å². The summed E-state index contributed by atoms with van der Waals surface area (Å²) in [7, 11) is -8.04. The van der Waals surface area contributed by atoms with E-state index in [0.29, 0.717) is 11.3 Å². The maximum absolute atomic E-state index is 10.8. The minimum atomic E-state index is -4.02. The van der Waals surface area contributed by atoms with Crippen molar-refractivity contribution in [2.24, 2.45) is 10.3 Å². The molecule has 0 bridgehead atoms. The van der Waals surface area contributed by atoms with Crippen molar-refractivity contribution in [2.45, 2.75) is 9.10 Å². The van der Waals surface area contributed by atoms with E-state index in [1.165, 1.54) is 5.38 Å². The summed E-state index contributed by atoms with van der Waals surface area (Å²) in [6, 6.07) is 1.10. The molecule has 0 aliphatic heterocycles. The normalized spacial score (nSPS) is 12.1. The maximum atomic E-state index is 10.8. The van der Waals surface area contributed by atoms with Crippen LogP contribution in [-0.4, -0.2) is 16.8 Å². The first kappa shape index (κ1) is 13.8. The van der Waals surface area contributed by atoms with Gasteiger partial charge in [0.1, 0.15) is 4.90 Å². The predicted octanol–water partition coefficient (Wildman–Crippen LogP) is -0.535. The minimum Gasteiger partial charge on any atom is -0.225 e. The topological polar surface area (TPSA) is 120 Å². The molecule has 0 spiro atoms. The average Bonchev–Trinajstić information content (AvgIpc) is 2.27. The second-order valence-electron chi connectivity index (χ2n) is 2.16. The number of sulfonamides is 2. The van der Waals surface area contributed by atoms with Crippen molar-refractivity contribution in [3.8, 4) is 0 Å². The van der Waals surface area contributed by atoms with Crippen LogP contribution < -0.4 is 10.3 Å². The molecule has 0 aliphatic rings. The fourth-order valence-corrected chi connectivity index (χ4v) is 4.03. The van der Waals surface area contributed by atoms with Gasteiger partial charge in [-0.05, 0) is 11.4 Å². The van der Waals surface area contributed by atoms with Gasteiger partial charge in [-0.3, -0.25) is 0 Å². The zero-order valence-electron chi connectivity index (χ0n) is 6.58. The van der Waals surface area contributed by atoms with Crippen LogP contribution in [0.2, 0.25) is 0 Å². The van der Waals surface area contributed by atoms with Crippen molar-refractivity contribution < 1.29 is 16.8 Å². The quantitative estimate of drug-likeness (QED) is 0.755. The van der Waals surface area contributed by atoms with E-state index in [9.17, 15) is 16.8 Å². The molecule has 0 atom stereocenters. The summed E-state index contributed by atoms with van der Waals surface area (Å²) < 4.78 is 42.9. The molecule has 0 unspecified atom stereocenters. The van der Waals surface area contributed by atoms with E-state index in [4.69, 9.17) is 10.3 Å². The third-order valence-electron chi connectivity index (χ3n) is 1.16. The van der Waals surface area contributed by atoms with E-state index in [-0.39, 0.29) is 12.4 Å². The Morgan fingerprint density at radius 1 is 1.07 bits per heavy atom. The van der Waals surface area contributed by atoms with Crippen molar-refractivity contribution in [3.63, 3.8) is 0 Å². The van der Waals surface area contributed by atoms with Gasteiger partial charge < -0.3 is 0 Å². The predicted molar refractivity (Wildman–Crippen MR) is 54.3 cm³/mol. The first-order chi connectivity index (χ1) is 5.73. The van der Waals surface area contributed by atoms with Gasteiger partial charge in [0.05, 0.1) is 0 Å². The summed E-state index contributed by atoms with van der Waals surface area (Å²) >= 11 is 0.711. The fraction of sp³-hybridized carbons (Fsp3) is 0. The molecule has 0 saturated heterocycles. The second-order valence-corrected chi connectivity index (χ2v) is 6.36. The molecule has 82 valence electrons. The van der Waals surface area contributed by atoms with Crippen molar-refractivity contribution in [3.05, 3.63) is 11.4 Å². The second kappa shape index (κ2) is 4.13. The lowest BCUT2D eigenvalue weighted by Crippen LogP contribution is -2.18. The van der Waals surface area contributed by atoms with E-state index in [0.717, 1.165) is 6.07 Å². The molecule has 0 saturated carbocycles. The molecule has 0 amide bonds. The number of halogens is 1. The number of rotatable bonds is 2. The zero-order chi connectivity index (χ0) is 10.3. The molecule has 0 radical (unpaired) electrons. The third-order valence-corrected chi connectivity index (χ3v) is 4.80. The van der Waals surface area contributed by atoms with Gasteiger partial charge in [0.2, 0.25) is 20.0 Å². The summed E-state index contributed by atoms with van der Waals surface area (Å²) in [5.41, 5.74) is 0. The lowest BCUT2D eigenvalue weighted by molar-refractivity contribution is 0.587. The lowest BCUT2D eigenvalue weighted by Gasteiger charge is -1.97. The van der Waals surface area contributed by atoms with Crippen LogP contribution in [0.5, 0.6) is 0 Å². The molecule has 1 rings (SSSR count). The van der Waals surface area contributed by atoms with Gasteiger partial charge in [-0.25, -0.2) is 27.1 Å². The van der Waals surface area contributed by atoms with Crippen molar-refractivity contribution >= 4 is 43.8 Å². The van der Waals surface area contributed by atoms with Crippen molar-refractivity contribution in [2.75, 3.05) is 0 Å². The fourth-order valence-electron chi connectivity index (χ4n) is 0.702. The number of nitrogens with two attached hydrogens (primary N) is 2. The molecule has 4 N–H and O–H groups in total. The number of thiophene rings is 1. The monoisotopic (exact) mass is 278 g/mol. The van der Waals surface area contributed by atoms with Crippen molar-refractivity contribution in [1.29, 1.82) is 0 Å². The molecule has 1 aromatic heterocycles. The molecule has 0 fully saturated rings. The first-order valence-corrected chi connectivity index (χ1v) is 6.83. The van der Waals surface area contributed by atoms with Gasteiger partial charge in [-0.15, -0.1) is 23.7 Å². The highest BCUT2D eigenvalue weighted by molar-refractivity contribution is 7.93. The van der Waals surface area contributed by atoms with Crippen LogP contribution in [-0.2, 0) is 20.0 Å². The van der Waals surface area contributed by atoms with Crippen LogP contribution in [0.3, 0.4) is 0 Å². The van der Waals surface area contributed by atoms with Gasteiger partial charge in [-0.2, -0.15) is 0 Å². The van der Waals surface area contributed by atoms with E-state index in [1.54, 1.807) is 0 Å². The molecule has 0 aromatic carbocycles. The Labute approximate surface area is 91.4 Å². The minimum absolute atomic E-state index is 0. The molecule has 10 heteroatoms. The number of hydrogen-bond donors (Lipinski definition) is 2. The number of primary sulfonamides is 2. The Balaban J connectivity index is 0.00000169. The third kappa shape index (κ3) is 2.90. The summed E-state index contributed by atoms with van der Waals surface area (Å²) in [5.74, 6) is 0. The Hall–Kier alpha value is -0.190. The van der Waals surface area contributed by atoms with Crippen LogP contribution in [0, 0.1) is 0 Å². The lowest BCUT2D eigenvalue weighted by atomic mass is 10.7. The molecule has 0 aliphatic carbocycles. The smallest absolute Gasteiger partial charge is 0.225 e. The largest absolute Gasteiger partial charge is 0.248 e. The Kier molecular flexibility index (Phi) is 4.07. The van der Waals surface area contributed by atoms with Crippen LogP contribution in [0.15, 0.2) is 20.6 Å². The van der Waals surface area contributed by atoms with E-state index in [1.807, 2.05) is 0 Å². The molecule has 6 nitrogen and oxygen atoms in total.